The van der Waals surface area contributed by atoms with Gasteiger partial charge in [0.2, 0.25) is 5.91 Å². The van der Waals surface area contributed by atoms with Crippen LogP contribution in [0.4, 0.5) is 0 Å². The molecular formula is C17H31N3O. The van der Waals surface area contributed by atoms with E-state index < -0.39 is 0 Å². The lowest BCUT2D eigenvalue weighted by Gasteiger charge is -2.41. The monoisotopic (exact) mass is 293 g/mol. The molecular weight excluding hydrogens is 262 g/mol. The first kappa shape index (κ1) is 16.5. The zero-order valence-electron chi connectivity index (χ0n) is 13.9. The maximum Gasteiger partial charge on any atom is 0.240 e. The molecule has 2 saturated heterocycles. The van der Waals surface area contributed by atoms with Gasteiger partial charge in [0.15, 0.2) is 0 Å². The molecule has 4 heteroatoms. The van der Waals surface area contributed by atoms with Crippen molar-refractivity contribution in [1.82, 2.24) is 15.1 Å². The molecule has 2 rings (SSSR count). The summed E-state index contributed by atoms with van der Waals surface area (Å²) in [5.74, 6) is 0.290. The Bertz CT molecular complexity index is 369. The number of piperidine rings is 1. The molecule has 1 atom stereocenters. The minimum Gasteiger partial charge on any atom is -0.333 e. The number of rotatable bonds is 4. The van der Waals surface area contributed by atoms with Gasteiger partial charge in [0, 0.05) is 18.1 Å². The topological polar surface area (TPSA) is 35.6 Å². The van der Waals surface area contributed by atoms with Gasteiger partial charge in [0.05, 0.1) is 6.04 Å². The van der Waals surface area contributed by atoms with Crippen LogP contribution < -0.4 is 5.32 Å². The fourth-order valence-corrected chi connectivity index (χ4v) is 3.63. The molecule has 0 aliphatic carbocycles. The summed E-state index contributed by atoms with van der Waals surface area (Å²) in [7, 11) is 0. The van der Waals surface area contributed by atoms with Crippen LogP contribution in [0.25, 0.3) is 0 Å². The zero-order chi connectivity index (χ0) is 15.5. The fraction of sp³-hybridized carbons (Fsp3) is 0.824. The Morgan fingerprint density at radius 1 is 1.33 bits per heavy atom. The Kier molecular flexibility index (Phi) is 5.44. The van der Waals surface area contributed by atoms with E-state index in [0.29, 0.717) is 18.5 Å². The van der Waals surface area contributed by atoms with Crippen molar-refractivity contribution in [2.45, 2.75) is 64.1 Å². The molecule has 2 fully saturated rings. The Labute approximate surface area is 129 Å². The fourth-order valence-electron chi connectivity index (χ4n) is 3.63. The van der Waals surface area contributed by atoms with Crippen molar-refractivity contribution in [2.24, 2.45) is 0 Å². The quantitative estimate of drug-likeness (QED) is 0.806. The molecule has 21 heavy (non-hydrogen) atoms. The summed E-state index contributed by atoms with van der Waals surface area (Å²) in [6, 6.07) is 0.653. The standard InChI is InChI=1S/C17H31N3O/c1-5-12-20(17(2,3)4)16(21)15-7-6-13-19(15)14-8-10-18-11-9-14/h5,14-15,18H,1,6-13H2,2-4H3. The van der Waals surface area contributed by atoms with Gasteiger partial charge in [0.25, 0.3) is 0 Å². The number of hydrogen-bond acceptors (Lipinski definition) is 3. The second-order valence-corrected chi connectivity index (χ2v) is 7.29. The lowest BCUT2D eigenvalue weighted by Crippen LogP contribution is -2.55. The third-order valence-electron chi connectivity index (χ3n) is 4.74. The predicted octanol–water partition coefficient (Wildman–Crippen LogP) is 2.02. The SMILES string of the molecule is C=CCN(C(=O)C1CCCN1C1CCNCC1)C(C)(C)C. The second kappa shape index (κ2) is 6.93. The third kappa shape index (κ3) is 3.86. The van der Waals surface area contributed by atoms with Gasteiger partial charge in [-0.1, -0.05) is 6.08 Å². The van der Waals surface area contributed by atoms with E-state index in [0.717, 1.165) is 32.5 Å². The molecule has 2 aliphatic rings. The van der Waals surface area contributed by atoms with Gasteiger partial charge in [0.1, 0.15) is 0 Å². The number of amides is 1. The van der Waals surface area contributed by atoms with Crippen LogP contribution in [0.1, 0.15) is 46.5 Å². The van der Waals surface area contributed by atoms with Crippen molar-refractivity contribution in [3.63, 3.8) is 0 Å². The molecule has 2 heterocycles. The normalized spacial score (nSPS) is 25.0. The van der Waals surface area contributed by atoms with Crippen LogP contribution in [0.3, 0.4) is 0 Å². The van der Waals surface area contributed by atoms with E-state index in [1.165, 1.54) is 12.8 Å². The Morgan fingerprint density at radius 2 is 2.00 bits per heavy atom. The molecule has 2 aliphatic heterocycles. The highest BCUT2D eigenvalue weighted by Gasteiger charge is 2.39. The van der Waals surface area contributed by atoms with E-state index in [4.69, 9.17) is 0 Å². The molecule has 120 valence electrons. The summed E-state index contributed by atoms with van der Waals surface area (Å²) in [6.07, 6.45) is 6.33. The molecule has 0 aromatic heterocycles. The third-order valence-corrected chi connectivity index (χ3v) is 4.74. The van der Waals surface area contributed by atoms with Gasteiger partial charge in [-0.05, 0) is 66.1 Å². The smallest absolute Gasteiger partial charge is 0.240 e. The number of nitrogens with zero attached hydrogens (tertiary/aromatic N) is 2. The summed E-state index contributed by atoms with van der Waals surface area (Å²) < 4.78 is 0. The van der Waals surface area contributed by atoms with Crippen LogP contribution in [0.15, 0.2) is 12.7 Å². The molecule has 0 spiro atoms. The number of carbonyl (C=O) groups is 1. The lowest BCUT2D eigenvalue weighted by molar-refractivity contribution is -0.141. The molecule has 0 bridgehead atoms. The molecule has 0 aromatic carbocycles. The Morgan fingerprint density at radius 3 is 2.57 bits per heavy atom. The minimum absolute atomic E-state index is 0.0762. The van der Waals surface area contributed by atoms with Gasteiger partial charge < -0.3 is 10.2 Å². The van der Waals surface area contributed by atoms with Gasteiger partial charge in [-0.3, -0.25) is 9.69 Å². The van der Waals surface area contributed by atoms with Gasteiger partial charge >= 0.3 is 0 Å². The van der Waals surface area contributed by atoms with E-state index in [1.807, 2.05) is 11.0 Å². The van der Waals surface area contributed by atoms with Crippen molar-refractivity contribution in [1.29, 1.82) is 0 Å². The Balaban J connectivity index is 2.09. The number of carbonyl (C=O) groups excluding carboxylic acids is 1. The number of hydrogen-bond donors (Lipinski definition) is 1. The molecule has 0 saturated carbocycles. The highest BCUT2D eigenvalue weighted by molar-refractivity contribution is 5.83. The van der Waals surface area contributed by atoms with E-state index in [9.17, 15) is 4.79 Å². The average molecular weight is 293 g/mol. The summed E-state index contributed by atoms with van der Waals surface area (Å²) in [6.45, 7) is 14.0. The van der Waals surface area contributed by atoms with Crippen LogP contribution in [0.5, 0.6) is 0 Å². The van der Waals surface area contributed by atoms with Crippen LogP contribution in [-0.4, -0.2) is 59.5 Å². The van der Waals surface area contributed by atoms with Crippen LogP contribution in [0.2, 0.25) is 0 Å². The second-order valence-electron chi connectivity index (χ2n) is 7.29. The van der Waals surface area contributed by atoms with Crippen LogP contribution in [-0.2, 0) is 4.79 Å². The van der Waals surface area contributed by atoms with Crippen LogP contribution in [0, 0.1) is 0 Å². The summed E-state index contributed by atoms with van der Waals surface area (Å²) in [5, 5.41) is 3.41. The maximum absolute atomic E-state index is 13.1. The highest BCUT2D eigenvalue weighted by atomic mass is 16.2. The van der Waals surface area contributed by atoms with E-state index in [1.54, 1.807) is 0 Å². The Hall–Kier alpha value is -0.870. The zero-order valence-corrected chi connectivity index (χ0v) is 13.9. The maximum atomic E-state index is 13.1. The van der Waals surface area contributed by atoms with Crippen LogP contribution >= 0.6 is 0 Å². The summed E-state index contributed by atoms with van der Waals surface area (Å²) in [4.78, 5) is 17.5. The van der Waals surface area contributed by atoms with Gasteiger partial charge in [-0.2, -0.15) is 0 Å². The molecule has 1 amide bonds. The first-order valence-corrected chi connectivity index (χ1v) is 8.34. The van der Waals surface area contributed by atoms with Crippen molar-refractivity contribution in [3.05, 3.63) is 12.7 Å². The predicted molar refractivity (Wildman–Crippen MR) is 87.3 cm³/mol. The molecule has 1 unspecified atom stereocenters. The van der Waals surface area contributed by atoms with Crippen molar-refractivity contribution >= 4 is 5.91 Å². The first-order valence-electron chi connectivity index (χ1n) is 8.34. The first-order chi connectivity index (χ1) is 9.95. The minimum atomic E-state index is -0.145. The highest BCUT2D eigenvalue weighted by Crippen LogP contribution is 2.27. The van der Waals surface area contributed by atoms with Crippen molar-refractivity contribution < 1.29 is 4.79 Å². The molecule has 0 aromatic rings. The molecule has 4 nitrogen and oxygen atoms in total. The van der Waals surface area contributed by atoms with E-state index >= 15 is 0 Å². The van der Waals surface area contributed by atoms with Gasteiger partial charge in [-0.25, -0.2) is 0 Å². The molecule has 0 radical (unpaired) electrons. The number of likely N-dealkylation sites (tertiary alicyclic amines) is 1. The van der Waals surface area contributed by atoms with Gasteiger partial charge in [-0.15, -0.1) is 6.58 Å². The summed E-state index contributed by atoms with van der Waals surface area (Å²) >= 11 is 0. The molecule has 1 N–H and O–H groups in total. The largest absolute Gasteiger partial charge is 0.333 e. The van der Waals surface area contributed by atoms with Crippen molar-refractivity contribution in [3.8, 4) is 0 Å². The number of nitrogens with one attached hydrogen (secondary N) is 1. The van der Waals surface area contributed by atoms with Crippen molar-refractivity contribution in [2.75, 3.05) is 26.2 Å². The summed E-state index contributed by atoms with van der Waals surface area (Å²) in [5.41, 5.74) is -0.145. The lowest BCUT2D eigenvalue weighted by atomic mass is 10.0. The van der Waals surface area contributed by atoms with E-state index in [-0.39, 0.29) is 11.6 Å². The average Bonchev–Trinajstić information content (AvgIpc) is 2.93. The van der Waals surface area contributed by atoms with E-state index in [2.05, 4.69) is 37.6 Å².